The molecule has 1 saturated heterocycles. The van der Waals surface area contributed by atoms with Crippen LogP contribution in [0.1, 0.15) is 37.0 Å². The van der Waals surface area contributed by atoms with E-state index in [4.69, 9.17) is 16.0 Å². The van der Waals surface area contributed by atoms with Gasteiger partial charge in [-0.05, 0) is 67.8 Å². The molecule has 2 fully saturated rings. The highest BCUT2D eigenvalue weighted by molar-refractivity contribution is 6.30. The number of nitrogens with zero attached hydrogens (tertiary/aromatic N) is 2. The summed E-state index contributed by atoms with van der Waals surface area (Å²) >= 11 is 6.27. The minimum Gasteiger partial charge on any atom is -0.465 e. The number of benzene rings is 1. The third-order valence-corrected chi connectivity index (χ3v) is 7.01. The van der Waals surface area contributed by atoms with Gasteiger partial charge in [-0.3, -0.25) is 0 Å². The molecule has 2 aromatic rings. The second kappa shape index (κ2) is 9.69. The molecule has 4 rings (SSSR count). The zero-order valence-corrected chi connectivity index (χ0v) is 18.7. The average molecular weight is 429 g/mol. The lowest BCUT2D eigenvalue weighted by molar-refractivity contribution is -0.00648. The maximum atomic E-state index is 12.3. The molecule has 2 heterocycles. The Hall–Kier alpha value is -1.59. The first-order chi connectivity index (χ1) is 14.5. The highest BCUT2D eigenvalue weighted by Gasteiger charge is 2.42. The van der Waals surface area contributed by atoms with E-state index in [-0.39, 0.29) is 5.92 Å². The second-order valence-corrected chi connectivity index (χ2v) is 9.40. The molecule has 2 atom stereocenters. The maximum Gasteiger partial charge on any atom is 0.126 e. The first-order valence-corrected chi connectivity index (χ1v) is 11.5. The standard InChI is InChI=1S/C25H33ClN2O2/c1-27-11-13-28(14-12-27)19-22-8-3-2-7-21(17-24-10-5-15-30-24)25(22,29)18-20-6-4-9-23(26)16-20/h4-6,9-10,15-17,22,29H,2-3,7-8,11-14,18-19H2,1H3. The number of hydrogen-bond donors (Lipinski definition) is 1. The Bertz CT molecular complexity index is 843. The fourth-order valence-electron chi connectivity index (χ4n) is 4.97. The number of furan rings is 1. The molecule has 1 aliphatic carbocycles. The average Bonchev–Trinajstić information content (AvgIpc) is 3.19. The molecule has 5 heteroatoms. The van der Waals surface area contributed by atoms with Crippen molar-refractivity contribution in [3.05, 3.63) is 64.6 Å². The van der Waals surface area contributed by atoms with Gasteiger partial charge in [-0.1, -0.05) is 30.2 Å². The van der Waals surface area contributed by atoms with E-state index in [0.717, 1.165) is 80.3 Å². The number of hydrogen-bond acceptors (Lipinski definition) is 4. The van der Waals surface area contributed by atoms with E-state index in [0.29, 0.717) is 6.42 Å². The maximum absolute atomic E-state index is 12.3. The highest BCUT2D eigenvalue weighted by Crippen LogP contribution is 2.41. The quantitative estimate of drug-likeness (QED) is 0.699. The van der Waals surface area contributed by atoms with Crippen LogP contribution in [0.25, 0.3) is 6.08 Å². The van der Waals surface area contributed by atoms with E-state index in [9.17, 15) is 5.11 Å². The van der Waals surface area contributed by atoms with Crippen LogP contribution in [0.3, 0.4) is 0 Å². The summed E-state index contributed by atoms with van der Waals surface area (Å²) in [5.41, 5.74) is 1.27. The highest BCUT2D eigenvalue weighted by atomic mass is 35.5. The van der Waals surface area contributed by atoms with Crippen LogP contribution in [0.5, 0.6) is 0 Å². The predicted molar refractivity (Wildman–Crippen MR) is 123 cm³/mol. The Balaban J connectivity index is 1.66. The molecule has 30 heavy (non-hydrogen) atoms. The van der Waals surface area contributed by atoms with Crippen LogP contribution < -0.4 is 0 Å². The van der Waals surface area contributed by atoms with Crippen LogP contribution >= 0.6 is 11.6 Å². The molecule has 0 spiro atoms. The van der Waals surface area contributed by atoms with Gasteiger partial charge >= 0.3 is 0 Å². The van der Waals surface area contributed by atoms with Gasteiger partial charge in [0, 0.05) is 50.1 Å². The van der Waals surface area contributed by atoms with Gasteiger partial charge in [-0.2, -0.15) is 0 Å². The van der Waals surface area contributed by atoms with Crippen molar-refractivity contribution in [1.29, 1.82) is 0 Å². The van der Waals surface area contributed by atoms with Gasteiger partial charge in [-0.15, -0.1) is 0 Å². The predicted octanol–water partition coefficient (Wildman–Crippen LogP) is 4.73. The zero-order valence-electron chi connectivity index (χ0n) is 17.9. The minimum absolute atomic E-state index is 0.184. The summed E-state index contributed by atoms with van der Waals surface area (Å²) in [6.07, 6.45) is 8.54. The Kier molecular flexibility index (Phi) is 6.99. The second-order valence-electron chi connectivity index (χ2n) is 8.96. The monoisotopic (exact) mass is 428 g/mol. The van der Waals surface area contributed by atoms with Gasteiger partial charge in [-0.25, -0.2) is 0 Å². The Morgan fingerprint density at radius 2 is 2.00 bits per heavy atom. The van der Waals surface area contributed by atoms with Crippen molar-refractivity contribution in [2.45, 2.75) is 37.7 Å². The Morgan fingerprint density at radius 3 is 2.73 bits per heavy atom. The number of halogens is 1. The van der Waals surface area contributed by atoms with Gasteiger partial charge in [0.05, 0.1) is 11.9 Å². The smallest absolute Gasteiger partial charge is 0.126 e. The fraction of sp³-hybridized carbons (Fsp3) is 0.520. The molecule has 0 radical (unpaired) electrons. The van der Waals surface area contributed by atoms with Gasteiger partial charge in [0.1, 0.15) is 5.76 Å². The molecule has 1 aromatic carbocycles. The molecule has 1 N–H and O–H groups in total. The number of piperazine rings is 1. The summed E-state index contributed by atoms with van der Waals surface area (Å²) in [7, 11) is 2.18. The first kappa shape index (κ1) is 21.6. The van der Waals surface area contributed by atoms with Crippen LogP contribution in [0.15, 0.2) is 52.7 Å². The van der Waals surface area contributed by atoms with Gasteiger partial charge < -0.3 is 19.3 Å². The minimum atomic E-state index is -0.905. The Labute approximate surface area is 185 Å². The third-order valence-electron chi connectivity index (χ3n) is 6.78. The topological polar surface area (TPSA) is 39.9 Å². The van der Waals surface area contributed by atoms with Crippen molar-refractivity contribution in [3.8, 4) is 0 Å². The molecule has 1 aliphatic heterocycles. The van der Waals surface area contributed by atoms with Crippen LogP contribution in [0.2, 0.25) is 5.02 Å². The number of aliphatic hydroxyl groups is 1. The van der Waals surface area contributed by atoms with E-state index in [1.54, 1.807) is 6.26 Å². The van der Waals surface area contributed by atoms with Crippen molar-refractivity contribution >= 4 is 17.7 Å². The summed E-state index contributed by atoms with van der Waals surface area (Å²) in [5.74, 6) is 0.998. The number of likely N-dealkylation sites (N-methyl/N-ethyl adjacent to an activating group) is 1. The number of rotatable bonds is 5. The van der Waals surface area contributed by atoms with E-state index < -0.39 is 5.60 Å². The van der Waals surface area contributed by atoms with E-state index in [2.05, 4.69) is 29.0 Å². The van der Waals surface area contributed by atoms with Gasteiger partial charge in [0.25, 0.3) is 0 Å². The molecule has 2 aliphatic rings. The van der Waals surface area contributed by atoms with Crippen molar-refractivity contribution < 1.29 is 9.52 Å². The van der Waals surface area contributed by atoms with E-state index in [1.807, 2.05) is 30.3 Å². The molecule has 162 valence electrons. The van der Waals surface area contributed by atoms with E-state index in [1.165, 1.54) is 0 Å². The molecule has 2 unspecified atom stereocenters. The molecule has 0 bridgehead atoms. The molecule has 1 saturated carbocycles. The third kappa shape index (κ3) is 5.17. The van der Waals surface area contributed by atoms with Crippen LogP contribution in [-0.2, 0) is 6.42 Å². The molecule has 4 nitrogen and oxygen atoms in total. The van der Waals surface area contributed by atoms with E-state index >= 15 is 0 Å². The lowest BCUT2D eigenvalue weighted by Crippen LogP contribution is -2.51. The summed E-state index contributed by atoms with van der Waals surface area (Å²) in [6.45, 7) is 5.25. The molecule has 1 aromatic heterocycles. The molecular weight excluding hydrogens is 396 g/mol. The molecule has 0 amide bonds. The van der Waals surface area contributed by atoms with Crippen LogP contribution in [0.4, 0.5) is 0 Å². The van der Waals surface area contributed by atoms with Crippen molar-refractivity contribution in [2.75, 3.05) is 39.8 Å². The summed E-state index contributed by atoms with van der Waals surface area (Å²) in [4.78, 5) is 4.91. The van der Waals surface area contributed by atoms with Crippen LogP contribution in [0, 0.1) is 5.92 Å². The van der Waals surface area contributed by atoms with Crippen molar-refractivity contribution in [2.24, 2.45) is 5.92 Å². The molecular formula is C25H33ClN2O2. The fourth-order valence-corrected chi connectivity index (χ4v) is 5.18. The van der Waals surface area contributed by atoms with Crippen molar-refractivity contribution in [1.82, 2.24) is 9.80 Å². The lowest BCUT2D eigenvalue weighted by atomic mass is 9.75. The lowest BCUT2D eigenvalue weighted by Gasteiger charge is -2.42. The first-order valence-electron chi connectivity index (χ1n) is 11.2. The Morgan fingerprint density at radius 1 is 1.17 bits per heavy atom. The van der Waals surface area contributed by atoms with Gasteiger partial charge in [0.2, 0.25) is 0 Å². The summed E-state index contributed by atoms with van der Waals surface area (Å²) < 4.78 is 5.61. The normalized spacial score (nSPS) is 28.0. The van der Waals surface area contributed by atoms with Crippen LogP contribution in [-0.4, -0.2) is 60.3 Å². The van der Waals surface area contributed by atoms with Gasteiger partial charge in [0.15, 0.2) is 0 Å². The van der Waals surface area contributed by atoms with Crippen molar-refractivity contribution in [3.63, 3.8) is 0 Å². The summed E-state index contributed by atoms with van der Waals surface area (Å²) in [6, 6.07) is 11.8. The summed E-state index contributed by atoms with van der Waals surface area (Å²) in [5, 5.41) is 13.0. The SMILES string of the molecule is CN1CCN(CC2CCCCC(=Cc3ccco3)C2(O)Cc2cccc(Cl)c2)CC1. The largest absolute Gasteiger partial charge is 0.465 e. The zero-order chi connectivity index (χ0) is 21.0.